The minimum atomic E-state index is 0.0561. The predicted molar refractivity (Wildman–Crippen MR) is 213 cm³/mol. The Hall–Kier alpha value is -6.66. The largest absolute Gasteiger partial charge is 0.456 e. The molecule has 1 aliphatic heterocycles. The van der Waals surface area contributed by atoms with E-state index in [-0.39, 0.29) is 12.2 Å². The summed E-state index contributed by atoms with van der Waals surface area (Å²) >= 11 is 0. The van der Waals surface area contributed by atoms with Crippen molar-refractivity contribution in [2.45, 2.75) is 26.7 Å². The normalized spacial score (nSPS) is 13.9. The van der Waals surface area contributed by atoms with Crippen molar-refractivity contribution in [1.82, 2.24) is 0 Å². The van der Waals surface area contributed by atoms with Gasteiger partial charge in [-0.15, -0.1) is 0 Å². The van der Waals surface area contributed by atoms with Crippen LogP contribution in [0.5, 0.6) is 0 Å². The zero-order valence-electron chi connectivity index (χ0n) is 28.8. The fourth-order valence-corrected chi connectivity index (χ4v) is 7.11. The average molecular weight is 676 g/mol. The van der Waals surface area contributed by atoms with Crippen LogP contribution in [0.1, 0.15) is 52.0 Å². The van der Waals surface area contributed by atoms with Crippen LogP contribution < -0.4 is 0 Å². The molecular weight excluding hydrogens is 643 g/mol. The van der Waals surface area contributed by atoms with Gasteiger partial charge in [-0.05, 0) is 79.1 Å². The van der Waals surface area contributed by atoms with Gasteiger partial charge in [-0.3, -0.25) is 9.79 Å². The third-order valence-electron chi connectivity index (χ3n) is 9.79. The summed E-state index contributed by atoms with van der Waals surface area (Å²) in [5.74, 6) is 0.530. The van der Waals surface area contributed by atoms with E-state index in [2.05, 4.69) is 24.8 Å². The number of Topliss-reactive ketones (excluding diaryl/α,β-unsaturated/α-hetero) is 1. The van der Waals surface area contributed by atoms with Crippen LogP contribution in [-0.4, -0.2) is 23.0 Å². The molecule has 0 saturated heterocycles. The van der Waals surface area contributed by atoms with Crippen LogP contribution in [0.4, 0.5) is 5.69 Å². The molecule has 0 radical (unpaired) electrons. The number of fused-ring (bicyclic) bond motifs is 8. The Balaban J connectivity index is 1.14. The first-order chi connectivity index (χ1) is 25.4. The lowest BCUT2D eigenvalue weighted by molar-refractivity contribution is 0.0992. The van der Waals surface area contributed by atoms with Crippen LogP contribution in [0.3, 0.4) is 0 Å². The van der Waals surface area contributed by atoms with Crippen molar-refractivity contribution < 1.29 is 13.6 Å². The molecule has 8 aromatic rings. The number of carbonyl (C=O) groups excluding carboxylic acids is 1. The molecule has 3 heterocycles. The highest BCUT2D eigenvalue weighted by molar-refractivity contribution is 6.16. The van der Waals surface area contributed by atoms with Crippen molar-refractivity contribution >= 4 is 78.3 Å². The molecule has 0 atom stereocenters. The van der Waals surface area contributed by atoms with Crippen LogP contribution in [0, 0.1) is 0 Å². The second kappa shape index (κ2) is 12.6. The van der Waals surface area contributed by atoms with E-state index in [4.69, 9.17) is 23.8 Å². The van der Waals surface area contributed by atoms with Crippen molar-refractivity contribution in [1.29, 1.82) is 0 Å². The monoisotopic (exact) mass is 675 g/mol. The quantitative estimate of drug-likeness (QED) is 0.137. The number of nitrogens with zero attached hydrogens (tertiary/aromatic N) is 3. The minimum Gasteiger partial charge on any atom is -0.456 e. The van der Waals surface area contributed by atoms with E-state index in [0.717, 1.165) is 83.1 Å². The summed E-state index contributed by atoms with van der Waals surface area (Å²) in [6.07, 6.45) is 0.866. The Morgan fingerprint density at radius 1 is 0.615 bits per heavy atom. The second-order valence-electron chi connectivity index (χ2n) is 13.3. The summed E-state index contributed by atoms with van der Waals surface area (Å²) in [6.45, 7) is 8.33. The Kier molecular flexibility index (Phi) is 7.58. The number of ketones is 1. The molecule has 6 aromatic carbocycles. The molecule has 52 heavy (non-hydrogen) atoms. The molecule has 0 saturated carbocycles. The van der Waals surface area contributed by atoms with Gasteiger partial charge in [0.2, 0.25) is 0 Å². The van der Waals surface area contributed by atoms with E-state index in [9.17, 15) is 4.79 Å². The van der Waals surface area contributed by atoms with Crippen molar-refractivity contribution in [2.24, 2.45) is 15.0 Å². The van der Waals surface area contributed by atoms with Crippen LogP contribution in [0.2, 0.25) is 0 Å². The van der Waals surface area contributed by atoms with Gasteiger partial charge < -0.3 is 8.83 Å². The molecule has 2 aromatic heterocycles. The lowest BCUT2D eigenvalue weighted by Crippen LogP contribution is -2.11. The molecule has 1 aliphatic rings. The van der Waals surface area contributed by atoms with Gasteiger partial charge in [0.25, 0.3) is 0 Å². The van der Waals surface area contributed by atoms with E-state index in [1.807, 2.05) is 123 Å². The fourth-order valence-electron chi connectivity index (χ4n) is 7.11. The van der Waals surface area contributed by atoms with Crippen LogP contribution in [0.15, 0.2) is 158 Å². The van der Waals surface area contributed by atoms with Crippen molar-refractivity contribution in [3.8, 4) is 0 Å². The SMILES string of the molecule is C=C(N=C(N=C(C)c1ccc2c(c1)C(=O)Cc1ccccc1N=C(C)C2)c1ccc2c(c1)oc1ccccc12)c1ccc2c(c1)oc1ccccc12. The Labute approximate surface area is 300 Å². The van der Waals surface area contributed by atoms with Gasteiger partial charge in [0.15, 0.2) is 11.6 Å². The number of hydrogen-bond donors (Lipinski definition) is 0. The van der Waals surface area contributed by atoms with Crippen LogP contribution >= 0.6 is 0 Å². The summed E-state index contributed by atoms with van der Waals surface area (Å²) in [6, 6.07) is 42.0. The minimum absolute atomic E-state index is 0.0561. The van der Waals surface area contributed by atoms with Gasteiger partial charge in [-0.1, -0.05) is 85.4 Å². The van der Waals surface area contributed by atoms with Gasteiger partial charge in [0, 0.05) is 62.5 Å². The number of furan rings is 2. The predicted octanol–water partition coefficient (Wildman–Crippen LogP) is 11.5. The molecule has 0 N–H and O–H groups in total. The highest BCUT2D eigenvalue weighted by Crippen LogP contribution is 2.33. The number of para-hydroxylation sites is 3. The third kappa shape index (κ3) is 5.64. The maximum atomic E-state index is 13.8. The molecule has 0 aliphatic carbocycles. The maximum absolute atomic E-state index is 13.8. The van der Waals surface area contributed by atoms with E-state index in [1.165, 1.54) is 0 Å². The number of hydrogen-bond acceptors (Lipinski definition) is 5. The van der Waals surface area contributed by atoms with Crippen LogP contribution in [-0.2, 0) is 12.8 Å². The molecule has 9 rings (SSSR count). The number of carbonyl (C=O) groups is 1. The van der Waals surface area contributed by atoms with Gasteiger partial charge in [0.1, 0.15) is 22.3 Å². The summed E-state index contributed by atoms with van der Waals surface area (Å²) in [5.41, 5.74) is 11.2. The van der Waals surface area contributed by atoms with E-state index in [0.29, 0.717) is 29.2 Å². The first kappa shape index (κ1) is 31.3. The molecule has 6 nitrogen and oxygen atoms in total. The third-order valence-corrected chi connectivity index (χ3v) is 9.79. The van der Waals surface area contributed by atoms with Crippen molar-refractivity contribution in [3.63, 3.8) is 0 Å². The van der Waals surface area contributed by atoms with Crippen molar-refractivity contribution in [3.05, 3.63) is 167 Å². The Morgan fingerprint density at radius 3 is 1.94 bits per heavy atom. The van der Waals surface area contributed by atoms with Gasteiger partial charge in [0.05, 0.1) is 11.4 Å². The molecule has 0 bridgehead atoms. The molecule has 0 unspecified atom stereocenters. The van der Waals surface area contributed by atoms with Gasteiger partial charge >= 0.3 is 0 Å². The van der Waals surface area contributed by atoms with Gasteiger partial charge in [-0.2, -0.15) is 0 Å². The highest BCUT2D eigenvalue weighted by atomic mass is 16.3. The summed E-state index contributed by atoms with van der Waals surface area (Å²) < 4.78 is 12.4. The highest BCUT2D eigenvalue weighted by Gasteiger charge is 2.19. The summed E-state index contributed by atoms with van der Waals surface area (Å²) in [7, 11) is 0. The molecule has 0 amide bonds. The zero-order chi connectivity index (χ0) is 35.3. The lowest BCUT2D eigenvalue weighted by atomic mass is 9.93. The van der Waals surface area contributed by atoms with Gasteiger partial charge in [-0.25, -0.2) is 9.98 Å². The number of amidine groups is 1. The molecule has 0 spiro atoms. The summed E-state index contributed by atoms with van der Waals surface area (Å²) in [4.78, 5) is 28.8. The van der Waals surface area contributed by atoms with Crippen LogP contribution in [0.25, 0.3) is 49.6 Å². The average Bonchev–Trinajstić information content (AvgIpc) is 3.73. The number of aliphatic imine (C=N–C) groups is 3. The topological polar surface area (TPSA) is 80.4 Å². The van der Waals surface area contributed by atoms with E-state index < -0.39 is 0 Å². The first-order valence-electron chi connectivity index (χ1n) is 17.3. The molecule has 250 valence electrons. The maximum Gasteiger partial charge on any atom is 0.167 e. The molecule has 6 heteroatoms. The Morgan fingerprint density at radius 2 is 1.21 bits per heavy atom. The van der Waals surface area contributed by atoms with E-state index >= 15 is 0 Å². The second-order valence-corrected chi connectivity index (χ2v) is 13.3. The number of benzene rings is 6. The lowest BCUT2D eigenvalue weighted by Gasteiger charge is -2.11. The van der Waals surface area contributed by atoms with E-state index in [1.54, 1.807) is 0 Å². The van der Waals surface area contributed by atoms with Crippen molar-refractivity contribution in [2.75, 3.05) is 0 Å². The standard InChI is InChI=1S/C46H33N3O3/c1-27-22-32-17-16-30(23-39(32)41(50)24-33-10-4-7-13-40(33)47-27)28(2)48-46(34-19-21-38-36-12-6-9-15-43(36)52-45(38)26-34)49-29(3)31-18-20-37-35-11-5-8-14-42(35)51-44(37)25-31/h4-21,23,25-26H,3,22,24H2,1-2H3. The summed E-state index contributed by atoms with van der Waals surface area (Å²) in [5, 5.41) is 4.17. The molecule has 0 fully saturated rings. The zero-order valence-corrected chi connectivity index (χ0v) is 28.8. The first-order valence-corrected chi connectivity index (χ1v) is 17.3. The molecular formula is C46H33N3O3. The number of rotatable bonds is 4. The Bertz CT molecular complexity index is 2860. The fraction of sp³-hybridized carbons (Fsp3) is 0.0870. The smallest absolute Gasteiger partial charge is 0.167 e.